The lowest BCUT2D eigenvalue weighted by atomic mass is 10.0. The maximum absolute atomic E-state index is 6.30. The van der Waals surface area contributed by atoms with Gasteiger partial charge in [-0.2, -0.15) is 0 Å². The highest BCUT2D eigenvalue weighted by Gasteiger charge is 2.16. The van der Waals surface area contributed by atoms with Gasteiger partial charge in [0, 0.05) is 37.8 Å². The summed E-state index contributed by atoms with van der Waals surface area (Å²) in [6, 6.07) is 37.9. The SMILES string of the molecule is Clc1ccc2oc3c(-c4ccc5c(c4)c4ccccc4n5-c4ccccc4)cccc3c2c1. The Morgan fingerprint density at radius 1 is 0.576 bits per heavy atom. The standard InChI is InChI=1S/C30H18ClNO/c31-20-14-16-29-26(18-20)24-11-6-10-22(30(24)33-29)19-13-15-28-25(17-19)23-9-4-5-12-27(23)32(28)21-7-2-1-3-8-21/h1-18H. The zero-order valence-electron chi connectivity index (χ0n) is 17.6. The van der Waals surface area contributed by atoms with E-state index in [0.717, 1.165) is 38.8 Å². The monoisotopic (exact) mass is 443 g/mol. The molecule has 2 aromatic heterocycles. The molecule has 0 aliphatic rings. The molecule has 2 nitrogen and oxygen atoms in total. The van der Waals surface area contributed by atoms with Crippen LogP contribution in [0.4, 0.5) is 0 Å². The number of hydrogen-bond donors (Lipinski definition) is 0. The summed E-state index contributed by atoms with van der Waals surface area (Å²) in [5.41, 5.74) is 7.51. The van der Waals surface area contributed by atoms with E-state index in [1.165, 1.54) is 21.8 Å². The largest absolute Gasteiger partial charge is 0.455 e. The zero-order chi connectivity index (χ0) is 21.9. The summed E-state index contributed by atoms with van der Waals surface area (Å²) in [7, 11) is 0. The van der Waals surface area contributed by atoms with Crippen molar-refractivity contribution in [3.8, 4) is 16.8 Å². The summed E-state index contributed by atoms with van der Waals surface area (Å²) in [5.74, 6) is 0. The second-order valence-corrected chi connectivity index (χ2v) is 8.78. The predicted molar refractivity (Wildman–Crippen MR) is 139 cm³/mol. The second kappa shape index (κ2) is 6.99. The molecule has 0 unspecified atom stereocenters. The number of para-hydroxylation sites is 3. The number of fused-ring (bicyclic) bond motifs is 6. The number of halogens is 1. The van der Waals surface area contributed by atoms with Crippen LogP contribution >= 0.6 is 11.6 Å². The molecule has 0 fully saturated rings. The highest BCUT2D eigenvalue weighted by molar-refractivity contribution is 6.31. The Kier molecular flexibility index (Phi) is 3.93. The van der Waals surface area contributed by atoms with Gasteiger partial charge in [-0.25, -0.2) is 0 Å². The number of nitrogens with zero attached hydrogens (tertiary/aromatic N) is 1. The van der Waals surface area contributed by atoms with Crippen LogP contribution in [0, 0.1) is 0 Å². The number of hydrogen-bond acceptors (Lipinski definition) is 1. The van der Waals surface area contributed by atoms with Gasteiger partial charge in [-0.1, -0.05) is 72.3 Å². The number of benzene rings is 5. The average molecular weight is 444 g/mol. The molecule has 0 atom stereocenters. The Balaban J connectivity index is 1.53. The van der Waals surface area contributed by atoms with Crippen molar-refractivity contribution in [2.45, 2.75) is 0 Å². The normalized spacial score (nSPS) is 11.8. The summed E-state index contributed by atoms with van der Waals surface area (Å²) in [4.78, 5) is 0. The maximum atomic E-state index is 6.30. The first kappa shape index (κ1) is 18.6. The molecule has 33 heavy (non-hydrogen) atoms. The van der Waals surface area contributed by atoms with Crippen LogP contribution in [0.1, 0.15) is 0 Å². The zero-order valence-corrected chi connectivity index (χ0v) is 18.4. The molecular weight excluding hydrogens is 426 g/mol. The van der Waals surface area contributed by atoms with Crippen molar-refractivity contribution in [2.75, 3.05) is 0 Å². The number of aromatic nitrogens is 1. The predicted octanol–water partition coefficient (Wildman–Crippen LogP) is 9.00. The minimum absolute atomic E-state index is 0.714. The molecule has 0 radical (unpaired) electrons. The topological polar surface area (TPSA) is 18.1 Å². The summed E-state index contributed by atoms with van der Waals surface area (Å²) >= 11 is 6.26. The highest BCUT2D eigenvalue weighted by Crippen LogP contribution is 2.39. The molecule has 0 amide bonds. The molecule has 7 aromatic rings. The second-order valence-electron chi connectivity index (χ2n) is 8.34. The molecule has 5 aromatic carbocycles. The fourth-order valence-electron chi connectivity index (χ4n) is 4.99. The number of rotatable bonds is 2. The molecule has 0 bridgehead atoms. The first-order chi connectivity index (χ1) is 16.3. The summed E-state index contributed by atoms with van der Waals surface area (Å²) in [5, 5.41) is 5.30. The van der Waals surface area contributed by atoms with Crippen LogP contribution in [0.15, 0.2) is 114 Å². The van der Waals surface area contributed by atoms with E-state index in [2.05, 4.69) is 95.6 Å². The molecule has 0 aliphatic carbocycles. The first-order valence-electron chi connectivity index (χ1n) is 11.0. The summed E-state index contributed by atoms with van der Waals surface area (Å²) in [6.07, 6.45) is 0. The third-order valence-electron chi connectivity index (χ3n) is 6.46. The Morgan fingerprint density at radius 3 is 2.27 bits per heavy atom. The Bertz CT molecular complexity index is 1830. The van der Waals surface area contributed by atoms with Crippen molar-refractivity contribution in [1.82, 2.24) is 4.57 Å². The third-order valence-corrected chi connectivity index (χ3v) is 6.69. The molecule has 0 N–H and O–H groups in total. The van der Waals surface area contributed by atoms with Gasteiger partial charge in [0.1, 0.15) is 11.2 Å². The van der Waals surface area contributed by atoms with Crippen molar-refractivity contribution >= 4 is 55.3 Å². The molecule has 0 aliphatic heterocycles. The van der Waals surface area contributed by atoms with Crippen molar-refractivity contribution in [3.05, 3.63) is 114 Å². The van der Waals surface area contributed by atoms with E-state index in [1.807, 2.05) is 18.2 Å². The average Bonchev–Trinajstić information content (AvgIpc) is 3.39. The van der Waals surface area contributed by atoms with E-state index in [9.17, 15) is 0 Å². The third kappa shape index (κ3) is 2.75. The van der Waals surface area contributed by atoms with Crippen LogP contribution in [0.3, 0.4) is 0 Å². The fourth-order valence-corrected chi connectivity index (χ4v) is 5.17. The Labute approximate surface area is 195 Å². The Morgan fingerprint density at radius 2 is 1.36 bits per heavy atom. The fraction of sp³-hybridized carbons (Fsp3) is 0. The van der Waals surface area contributed by atoms with Gasteiger partial charge < -0.3 is 8.98 Å². The summed E-state index contributed by atoms with van der Waals surface area (Å²) < 4.78 is 8.63. The van der Waals surface area contributed by atoms with Crippen LogP contribution in [-0.2, 0) is 0 Å². The van der Waals surface area contributed by atoms with Gasteiger partial charge in [0.2, 0.25) is 0 Å². The lowest BCUT2D eigenvalue weighted by molar-refractivity contribution is 0.670. The van der Waals surface area contributed by atoms with Crippen LogP contribution < -0.4 is 0 Å². The lowest BCUT2D eigenvalue weighted by Gasteiger charge is -2.08. The van der Waals surface area contributed by atoms with Crippen LogP contribution in [0.5, 0.6) is 0 Å². The van der Waals surface area contributed by atoms with E-state index >= 15 is 0 Å². The van der Waals surface area contributed by atoms with Gasteiger partial charge in [-0.3, -0.25) is 0 Å². The first-order valence-corrected chi connectivity index (χ1v) is 11.4. The molecule has 0 spiro atoms. The molecule has 2 heterocycles. The maximum Gasteiger partial charge on any atom is 0.143 e. The van der Waals surface area contributed by atoms with E-state index in [-0.39, 0.29) is 0 Å². The van der Waals surface area contributed by atoms with Crippen molar-refractivity contribution < 1.29 is 4.42 Å². The molecule has 0 saturated heterocycles. The van der Waals surface area contributed by atoms with Gasteiger partial charge in [-0.05, 0) is 54.1 Å². The molecule has 7 rings (SSSR count). The van der Waals surface area contributed by atoms with Gasteiger partial charge in [-0.15, -0.1) is 0 Å². The van der Waals surface area contributed by atoms with Crippen LogP contribution in [0.2, 0.25) is 5.02 Å². The minimum atomic E-state index is 0.714. The molecule has 156 valence electrons. The van der Waals surface area contributed by atoms with E-state index in [4.69, 9.17) is 16.0 Å². The van der Waals surface area contributed by atoms with Crippen LogP contribution in [0.25, 0.3) is 60.6 Å². The van der Waals surface area contributed by atoms with Crippen molar-refractivity contribution in [3.63, 3.8) is 0 Å². The summed E-state index contributed by atoms with van der Waals surface area (Å²) in [6.45, 7) is 0. The van der Waals surface area contributed by atoms with Crippen molar-refractivity contribution in [1.29, 1.82) is 0 Å². The van der Waals surface area contributed by atoms with Gasteiger partial charge in [0.05, 0.1) is 11.0 Å². The van der Waals surface area contributed by atoms with Gasteiger partial charge in [0.25, 0.3) is 0 Å². The van der Waals surface area contributed by atoms with E-state index in [1.54, 1.807) is 0 Å². The smallest absolute Gasteiger partial charge is 0.143 e. The highest BCUT2D eigenvalue weighted by atomic mass is 35.5. The van der Waals surface area contributed by atoms with Gasteiger partial charge >= 0.3 is 0 Å². The van der Waals surface area contributed by atoms with Crippen molar-refractivity contribution in [2.24, 2.45) is 0 Å². The van der Waals surface area contributed by atoms with Gasteiger partial charge in [0.15, 0.2) is 0 Å². The molecule has 0 saturated carbocycles. The number of furan rings is 1. The minimum Gasteiger partial charge on any atom is -0.455 e. The van der Waals surface area contributed by atoms with Crippen LogP contribution in [-0.4, -0.2) is 4.57 Å². The lowest BCUT2D eigenvalue weighted by Crippen LogP contribution is -1.92. The van der Waals surface area contributed by atoms with E-state index in [0.29, 0.717) is 5.02 Å². The Hall–Kier alpha value is -4.01. The molecular formula is C30H18ClNO. The molecule has 3 heteroatoms. The van der Waals surface area contributed by atoms with E-state index < -0.39 is 0 Å². The quantitative estimate of drug-likeness (QED) is 0.260.